The Morgan fingerprint density at radius 3 is 2.84 bits per heavy atom. The van der Waals surface area contributed by atoms with Gasteiger partial charge in [-0.1, -0.05) is 12.1 Å². The second-order valence-corrected chi connectivity index (χ2v) is 8.61. The number of nitrogens with zero attached hydrogens (tertiary/aromatic N) is 4. The zero-order valence-corrected chi connectivity index (χ0v) is 19.2. The Morgan fingerprint density at radius 2 is 2.13 bits per heavy atom. The molecule has 0 fully saturated rings. The summed E-state index contributed by atoms with van der Waals surface area (Å²) in [7, 11) is 0. The minimum atomic E-state index is -0.654. The van der Waals surface area contributed by atoms with Gasteiger partial charge in [0.25, 0.3) is 5.91 Å². The molecule has 0 radical (unpaired) electrons. The van der Waals surface area contributed by atoms with Crippen molar-refractivity contribution < 1.29 is 9.53 Å². The van der Waals surface area contributed by atoms with Crippen molar-refractivity contribution in [2.45, 2.75) is 27.2 Å². The van der Waals surface area contributed by atoms with Gasteiger partial charge in [-0.3, -0.25) is 15.2 Å². The number of hydrazone groups is 1. The number of nitrogens with one attached hydrogen (secondary N) is 1. The van der Waals surface area contributed by atoms with Gasteiger partial charge in [0.15, 0.2) is 5.71 Å². The van der Waals surface area contributed by atoms with Gasteiger partial charge in [0.05, 0.1) is 23.0 Å². The van der Waals surface area contributed by atoms with Crippen LogP contribution >= 0.6 is 22.7 Å². The average molecular weight is 457 g/mol. The zero-order chi connectivity index (χ0) is 22.2. The third kappa shape index (κ3) is 5.96. The summed E-state index contributed by atoms with van der Waals surface area (Å²) < 4.78 is 5.55. The highest BCUT2D eigenvalue weighted by Gasteiger charge is 2.14. The molecule has 0 aliphatic rings. The first-order chi connectivity index (χ1) is 15.0. The SMILES string of the molecule is CCOc1ccccc1N/N=C(C(N)=O)\C(C)=N/CCc1nc(-c2nccs2)c(C)s1. The third-order valence-corrected chi connectivity index (χ3v) is 6.01. The fraction of sp³-hybridized carbons (Fsp3) is 0.286. The van der Waals surface area contributed by atoms with E-state index in [1.807, 2.05) is 43.5 Å². The lowest BCUT2D eigenvalue weighted by Gasteiger charge is -2.10. The van der Waals surface area contributed by atoms with E-state index in [2.05, 4.69) is 25.5 Å². The number of primary amides is 1. The zero-order valence-electron chi connectivity index (χ0n) is 17.6. The summed E-state index contributed by atoms with van der Waals surface area (Å²) in [6, 6.07) is 7.34. The first-order valence-electron chi connectivity index (χ1n) is 9.72. The van der Waals surface area contributed by atoms with Gasteiger partial charge < -0.3 is 10.5 Å². The van der Waals surface area contributed by atoms with Crippen molar-refractivity contribution >= 4 is 45.7 Å². The quantitative estimate of drug-likeness (QED) is 0.354. The van der Waals surface area contributed by atoms with Crippen LogP contribution in [-0.2, 0) is 11.2 Å². The van der Waals surface area contributed by atoms with E-state index in [0.717, 1.165) is 20.6 Å². The summed E-state index contributed by atoms with van der Waals surface area (Å²) in [5, 5.41) is 8.00. The molecule has 0 bridgehead atoms. The number of benzene rings is 1. The molecule has 162 valence electrons. The number of aliphatic imine (C=N–C) groups is 1. The molecule has 2 heterocycles. The number of thiazole rings is 2. The topological polar surface area (TPSA) is 115 Å². The number of carbonyl (C=O) groups is 1. The molecule has 0 aliphatic heterocycles. The van der Waals surface area contributed by atoms with Crippen LogP contribution in [0.3, 0.4) is 0 Å². The first-order valence-corrected chi connectivity index (χ1v) is 11.4. The second kappa shape index (κ2) is 10.8. The summed E-state index contributed by atoms with van der Waals surface area (Å²) >= 11 is 3.20. The highest BCUT2D eigenvalue weighted by atomic mass is 32.1. The molecular formula is C21H24N6O2S2. The smallest absolute Gasteiger partial charge is 0.271 e. The summed E-state index contributed by atoms with van der Waals surface area (Å²) in [6.07, 6.45) is 2.43. The molecule has 31 heavy (non-hydrogen) atoms. The minimum Gasteiger partial charge on any atom is -0.492 e. The number of para-hydroxylation sites is 2. The van der Waals surface area contributed by atoms with Gasteiger partial charge in [0.2, 0.25) is 0 Å². The number of aromatic nitrogens is 2. The van der Waals surface area contributed by atoms with E-state index in [0.29, 0.717) is 36.7 Å². The highest BCUT2D eigenvalue weighted by Crippen LogP contribution is 2.29. The molecule has 3 N–H and O–H groups in total. The number of hydrogen-bond donors (Lipinski definition) is 2. The molecule has 3 rings (SSSR count). The van der Waals surface area contributed by atoms with Crippen molar-refractivity contribution in [3.05, 3.63) is 45.7 Å². The Balaban J connectivity index is 1.68. The van der Waals surface area contributed by atoms with Crippen LogP contribution in [0.2, 0.25) is 0 Å². The minimum absolute atomic E-state index is 0.0742. The van der Waals surface area contributed by atoms with Crippen molar-refractivity contribution in [1.29, 1.82) is 0 Å². The van der Waals surface area contributed by atoms with Crippen LogP contribution in [0.25, 0.3) is 10.7 Å². The Bertz CT molecular complexity index is 1090. The van der Waals surface area contributed by atoms with Gasteiger partial charge in [-0.05, 0) is 32.9 Å². The normalized spacial score (nSPS) is 12.1. The van der Waals surface area contributed by atoms with E-state index in [-0.39, 0.29) is 5.71 Å². The van der Waals surface area contributed by atoms with E-state index in [9.17, 15) is 4.79 Å². The molecule has 10 heteroatoms. The fourth-order valence-corrected chi connectivity index (χ4v) is 4.43. The van der Waals surface area contributed by atoms with Gasteiger partial charge in [-0.2, -0.15) is 5.10 Å². The summed E-state index contributed by atoms with van der Waals surface area (Å²) in [5.41, 5.74) is 10.5. The predicted molar refractivity (Wildman–Crippen MR) is 128 cm³/mol. The van der Waals surface area contributed by atoms with E-state index < -0.39 is 5.91 Å². The van der Waals surface area contributed by atoms with Crippen molar-refractivity contribution in [3.63, 3.8) is 0 Å². The van der Waals surface area contributed by atoms with E-state index in [1.54, 1.807) is 35.8 Å². The largest absolute Gasteiger partial charge is 0.492 e. The monoisotopic (exact) mass is 456 g/mol. The number of anilines is 1. The van der Waals surface area contributed by atoms with Crippen LogP contribution < -0.4 is 15.9 Å². The van der Waals surface area contributed by atoms with Gasteiger partial charge in [-0.15, -0.1) is 22.7 Å². The number of ether oxygens (including phenoxy) is 1. The molecule has 1 aromatic carbocycles. The van der Waals surface area contributed by atoms with Crippen LogP contribution in [-0.4, -0.2) is 40.5 Å². The number of carbonyl (C=O) groups excluding carboxylic acids is 1. The third-order valence-electron chi connectivity index (χ3n) is 4.20. The highest BCUT2D eigenvalue weighted by molar-refractivity contribution is 7.14. The lowest BCUT2D eigenvalue weighted by atomic mass is 10.2. The van der Waals surface area contributed by atoms with Crippen molar-refractivity contribution in [2.75, 3.05) is 18.6 Å². The van der Waals surface area contributed by atoms with Crippen LogP contribution in [0, 0.1) is 6.92 Å². The predicted octanol–water partition coefficient (Wildman–Crippen LogP) is 3.93. The second-order valence-electron chi connectivity index (χ2n) is 6.43. The Labute approximate surface area is 188 Å². The molecule has 1 amide bonds. The molecule has 0 saturated heterocycles. The van der Waals surface area contributed by atoms with E-state index in [1.165, 1.54) is 0 Å². The van der Waals surface area contributed by atoms with Gasteiger partial charge in [0.1, 0.15) is 16.5 Å². The van der Waals surface area contributed by atoms with Crippen LogP contribution in [0.15, 0.2) is 45.9 Å². The summed E-state index contributed by atoms with van der Waals surface area (Å²) in [4.78, 5) is 26.5. The number of amides is 1. The van der Waals surface area contributed by atoms with E-state index >= 15 is 0 Å². The summed E-state index contributed by atoms with van der Waals surface area (Å²) in [6.45, 7) is 6.64. The molecule has 8 nitrogen and oxygen atoms in total. The molecule has 0 saturated carbocycles. The maximum absolute atomic E-state index is 11.9. The summed E-state index contributed by atoms with van der Waals surface area (Å²) in [5.74, 6) is -0.0128. The maximum atomic E-state index is 11.9. The first kappa shape index (κ1) is 22.6. The van der Waals surface area contributed by atoms with Gasteiger partial charge in [0, 0.05) is 29.4 Å². The molecule has 0 unspecified atom stereocenters. The number of nitrogens with two attached hydrogens (primary N) is 1. The van der Waals surface area contributed by atoms with Crippen LogP contribution in [0.5, 0.6) is 5.75 Å². The maximum Gasteiger partial charge on any atom is 0.271 e. The average Bonchev–Trinajstić information content (AvgIpc) is 3.39. The molecule has 0 atom stereocenters. The molecule has 0 aliphatic carbocycles. The number of rotatable bonds is 10. The number of aryl methyl sites for hydroxylation is 1. The molecule has 3 aromatic rings. The Hall–Kier alpha value is -3.11. The van der Waals surface area contributed by atoms with Gasteiger partial charge in [-0.25, -0.2) is 9.97 Å². The molecule has 2 aromatic heterocycles. The van der Waals surface area contributed by atoms with Crippen molar-refractivity contribution in [1.82, 2.24) is 9.97 Å². The standard InChI is InChI=1S/C21H24N6O2S2/c1-4-29-16-8-6-5-7-15(16)26-27-18(20(22)28)13(2)23-10-9-17-25-19(14(3)31-17)21-24-11-12-30-21/h5-8,11-12,26H,4,9-10H2,1-3H3,(H2,22,28)/b23-13-,27-18+. The molecule has 0 spiro atoms. The lowest BCUT2D eigenvalue weighted by molar-refractivity contribution is -0.111. The number of hydrogen-bond acceptors (Lipinski definition) is 9. The van der Waals surface area contributed by atoms with Crippen molar-refractivity contribution in [2.24, 2.45) is 15.8 Å². The van der Waals surface area contributed by atoms with E-state index in [4.69, 9.17) is 10.5 Å². The fourth-order valence-electron chi connectivity index (χ4n) is 2.76. The van der Waals surface area contributed by atoms with Crippen molar-refractivity contribution in [3.8, 4) is 16.5 Å². The lowest BCUT2D eigenvalue weighted by Crippen LogP contribution is -2.30. The molecular weight excluding hydrogens is 432 g/mol. The van der Waals surface area contributed by atoms with Gasteiger partial charge >= 0.3 is 0 Å². The Kier molecular flexibility index (Phi) is 7.85. The van der Waals surface area contributed by atoms with Crippen LogP contribution in [0.4, 0.5) is 5.69 Å². The van der Waals surface area contributed by atoms with Crippen LogP contribution in [0.1, 0.15) is 23.7 Å². The Morgan fingerprint density at radius 1 is 1.32 bits per heavy atom.